The standard InChI is InChI=1S/C20H22N6O3.ClH/c1-26-20(23-17(25-26)13-7-9-21-10-8-13)24-18(27)14-4-2-5-15(12-14)22-19(28)16-6-3-11-29-16;/h2-6,11-13,21H,7-10H2,1H3,(H,22,28)(H,23,24,25,27);1H. The summed E-state index contributed by atoms with van der Waals surface area (Å²) in [6.45, 7) is 1.89. The summed E-state index contributed by atoms with van der Waals surface area (Å²) in [5.74, 6) is 0.939. The number of halogens is 1. The van der Waals surface area contributed by atoms with E-state index in [1.807, 2.05) is 0 Å². The molecule has 0 bridgehead atoms. The van der Waals surface area contributed by atoms with E-state index in [9.17, 15) is 9.59 Å². The Balaban J connectivity index is 0.00000256. The van der Waals surface area contributed by atoms with Crippen LogP contribution in [-0.4, -0.2) is 39.7 Å². The van der Waals surface area contributed by atoms with E-state index in [1.165, 1.54) is 6.26 Å². The lowest BCUT2D eigenvalue weighted by Gasteiger charge is -2.19. The molecule has 0 spiro atoms. The summed E-state index contributed by atoms with van der Waals surface area (Å²) in [4.78, 5) is 29.3. The fourth-order valence-corrected chi connectivity index (χ4v) is 3.28. The van der Waals surface area contributed by atoms with E-state index in [0.29, 0.717) is 23.1 Å². The number of carbonyl (C=O) groups excluding carboxylic acids is 2. The van der Waals surface area contributed by atoms with Gasteiger partial charge in [-0.1, -0.05) is 6.07 Å². The molecule has 3 heterocycles. The van der Waals surface area contributed by atoms with Crippen LogP contribution in [0.5, 0.6) is 0 Å². The lowest BCUT2D eigenvalue weighted by atomic mass is 9.98. The fourth-order valence-electron chi connectivity index (χ4n) is 3.28. The topological polar surface area (TPSA) is 114 Å². The van der Waals surface area contributed by atoms with Crippen LogP contribution < -0.4 is 16.0 Å². The van der Waals surface area contributed by atoms with Gasteiger partial charge in [-0.3, -0.25) is 14.9 Å². The Hall–Kier alpha value is -3.17. The van der Waals surface area contributed by atoms with Gasteiger partial charge in [-0.15, -0.1) is 12.4 Å². The van der Waals surface area contributed by atoms with Gasteiger partial charge >= 0.3 is 0 Å². The third-order valence-electron chi connectivity index (χ3n) is 4.84. The molecule has 0 aliphatic carbocycles. The van der Waals surface area contributed by atoms with Gasteiger partial charge in [-0.25, -0.2) is 4.68 Å². The minimum atomic E-state index is -0.382. The Morgan fingerprint density at radius 2 is 1.93 bits per heavy atom. The molecule has 1 aromatic carbocycles. The number of nitrogens with zero attached hydrogens (tertiary/aromatic N) is 3. The smallest absolute Gasteiger partial charge is 0.291 e. The Bertz CT molecular complexity index is 1010. The summed E-state index contributed by atoms with van der Waals surface area (Å²) >= 11 is 0. The molecule has 1 aliphatic heterocycles. The molecule has 30 heavy (non-hydrogen) atoms. The molecule has 1 saturated heterocycles. The molecule has 2 amide bonds. The normalized spacial score (nSPS) is 14.0. The second kappa shape index (κ2) is 9.55. The number of amides is 2. The molecule has 3 N–H and O–H groups in total. The van der Waals surface area contributed by atoms with Crippen LogP contribution >= 0.6 is 12.4 Å². The van der Waals surface area contributed by atoms with Crippen molar-refractivity contribution in [1.82, 2.24) is 20.1 Å². The van der Waals surface area contributed by atoms with Crippen LogP contribution in [0.4, 0.5) is 11.6 Å². The summed E-state index contributed by atoms with van der Waals surface area (Å²) < 4.78 is 6.66. The van der Waals surface area contributed by atoms with E-state index in [2.05, 4.69) is 26.0 Å². The van der Waals surface area contributed by atoms with Gasteiger partial charge in [0.2, 0.25) is 5.95 Å². The van der Waals surface area contributed by atoms with Gasteiger partial charge in [0.15, 0.2) is 11.6 Å². The lowest BCUT2D eigenvalue weighted by Crippen LogP contribution is -2.27. The van der Waals surface area contributed by atoms with Gasteiger partial charge in [-0.2, -0.15) is 10.1 Å². The number of aryl methyl sites for hydroxylation is 1. The zero-order valence-electron chi connectivity index (χ0n) is 16.4. The first-order valence-corrected chi connectivity index (χ1v) is 9.48. The summed E-state index contributed by atoms with van der Waals surface area (Å²) in [6, 6.07) is 9.87. The van der Waals surface area contributed by atoms with Gasteiger partial charge < -0.3 is 15.1 Å². The van der Waals surface area contributed by atoms with Crippen LogP contribution in [0.25, 0.3) is 0 Å². The first kappa shape index (κ1) is 21.5. The molecular weight excluding hydrogens is 408 g/mol. The van der Waals surface area contributed by atoms with Crippen LogP contribution in [0.15, 0.2) is 47.1 Å². The van der Waals surface area contributed by atoms with E-state index in [1.54, 1.807) is 48.1 Å². The predicted octanol–water partition coefficient (Wildman–Crippen LogP) is 2.80. The third kappa shape index (κ3) is 4.87. The van der Waals surface area contributed by atoms with Crippen LogP contribution in [-0.2, 0) is 7.05 Å². The van der Waals surface area contributed by atoms with Gasteiger partial charge in [-0.05, 0) is 56.3 Å². The van der Waals surface area contributed by atoms with E-state index >= 15 is 0 Å². The number of carbonyl (C=O) groups is 2. The zero-order chi connectivity index (χ0) is 20.2. The molecule has 2 aromatic heterocycles. The van der Waals surface area contributed by atoms with Crippen molar-refractivity contribution in [1.29, 1.82) is 0 Å². The summed E-state index contributed by atoms with van der Waals surface area (Å²) in [5, 5.41) is 13.3. The molecule has 3 aromatic rings. The highest BCUT2D eigenvalue weighted by atomic mass is 35.5. The van der Waals surface area contributed by atoms with E-state index < -0.39 is 0 Å². The molecule has 1 aliphatic rings. The molecule has 0 radical (unpaired) electrons. The minimum Gasteiger partial charge on any atom is -0.459 e. The average molecular weight is 431 g/mol. The van der Waals surface area contributed by atoms with Crippen molar-refractivity contribution in [3.63, 3.8) is 0 Å². The number of hydrogen-bond donors (Lipinski definition) is 3. The maximum atomic E-state index is 12.7. The monoisotopic (exact) mass is 430 g/mol. The molecule has 9 nitrogen and oxygen atoms in total. The largest absolute Gasteiger partial charge is 0.459 e. The highest BCUT2D eigenvalue weighted by molar-refractivity contribution is 6.06. The fraction of sp³-hybridized carbons (Fsp3) is 0.300. The maximum Gasteiger partial charge on any atom is 0.291 e. The second-order valence-electron chi connectivity index (χ2n) is 6.91. The van der Waals surface area contributed by atoms with Crippen molar-refractivity contribution >= 4 is 35.9 Å². The van der Waals surface area contributed by atoms with Crippen molar-refractivity contribution in [2.75, 3.05) is 23.7 Å². The van der Waals surface area contributed by atoms with Crippen molar-refractivity contribution in [2.45, 2.75) is 18.8 Å². The lowest BCUT2D eigenvalue weighted by molar-refractivity contribution is 0.0993. The summed E-state index contributed by atoms with van der Waals surface area (Å²) in [6.07, 6.45) is 3.39. The van der Waals surface area contributed by atoms with Crippen LogP contribution in [0.3, 0.4) is 0 Å². The third-order valence-corrected chi connectivity index (χ3v) is 4.84. The zero-order valence-corrected chi connectivity index (χ0v) is 17.2. The number of piperidine rings is 1. The highest BCUT2D eigenvalue weighted by Gasteiger charge is 2.21. The second-order valence-corrected chi connectivity index (χ2v) is 6.91. The van der Waals surface area contributed by atoms with Gasteiger partial charge in [0, 0.05) is 24.2 Å². The van der Waals surface area contributed by atoms with Crippen LogP contribution in [0, 0.1) is 0 Å². The number of hydrogen-bond acceptors (Lipinski definition) is 6. The highest BCUT2D eigenvalue weighted by Crippen LogP contribution is 2.23. The van der Waals surface area contributed by atoms with Crippen molar-refractivity contribution in [2.24, 2.45) is 7.05 Å². The summed E-state index contributed by atoms with van der Waals surface area (Å²) in [5.41, 5.74) is 0.890. The first-order chi connectivity index (χ1) is 14.1. The van der Waals surface area contributed by atoms with Crippen molar-refractivity contribution in [3.05, 3.63) is 59.8 Å². The number of rotatable bonds is 5. The van der Waals surface area contributed by atoms with E-state index in [0.717, 1.165) is 31.8 Å². The van der Waals surface area contributed by atoms with E-state index in [4.69, 9.17) is 4.42 Å². The van der Waals surface area contributed by atoms with Crippen LogP contribution in [0.1, 0.15) is 45.5 Å². The van der Waals surface area contributed by atoms with Crippen molar-refractivity contribution in [3.8, 4) is 0 Å². The summed E-state index contributed by atoms with van der Waals surface area (Å²) in [7, 11) is 1.76. The Morgan fingerprint density at radius 3 is 2.67 bits per heavy atom. The number of nitrogens with one attached hydrogen (secondary N) is 3. The molecule has 1 fully saturated rings. The average Bonchev–Trinajstić information content (AvgIpc) is 3.39. The van der Waals surface area contributed by atoms with Gasteiger partial charge in [0.1, 0.15) is 0 Å². The van der Waals surface area contributed by atoms with Crippen LogP contribution in [0.2, 0.25) is 0 Å². The molecule has 0 atom stereocenters. The van der Waals surface area contributed by atoms with Crippen molar-refractivity contribution < 1.29 is 14.0 Å². The minimum absolute atomic E-state index is 0. The molecule has 0 unspecified atom stereocenters. The Labute approximate surface area is 179 Å². The number of aromatic nitrogens is 3. The molecular formula is C20H23ClN6O3. The number of benzene rings is 1. The number of furan rings is 1. The first-order valence-electron chi connectivity index (χ1n) is 9.48. The molecule has 4 rings (SSSR count). The Morgan fingerprint density at radius 1 is 1.13 bits per heavy atom. The predicted molar refractivity (Wildman–Crippen MR) is 114 cm³/mol. The SMILES string of the molecule is Cl.Cn1nc(C2CCNCC2)nc1NC(=O)c1cccc(NC(=O)c2ccco2)c1. The molecule has 10 heteroatoms. The number of anilines is 2. The quantitative estimate of drug-likeness (QED) is 0.573. The van der Waals surface area contributed by atoms with Gasteiger partial charge in [0.05, 0.1) is 6.26 Å². The Kier molecular flexibility index (Phi) is 6.86. The van der Waals surface area contributed by atoms with E-state index in [-0.39, 0.29) is 30.0 Å². The van der Waals surface area contributed by atoms with Gasteiger partial charge in [0.25, 0.3) is 11.8 Å². The maximum absolute atomic E-state index is 12.7. The molecule has 158 valence electrons. The molecule has 0 saturated carbocycles.